The minimum Gasteiger partial charge on any atom is -0.478 e. The molecule has 19 heavy (non-hydrogen) atoms. The first-order valence-corrected chi connectivity index (χ1v) is 6.39. The fourth-order valence-corrected chi connectivity index (χ4v) is 1.64. The molecule has 6 heteroatoms. The average molecular weight is 267 g/mol. The second-order valence-corrected chi connectivity index (χ2v) is 5.06. The van der Waals surface area contributed by atoms with E-state index in [1.54, 1.807) is 13.8 Å². The van der Waals surface area contributed by atoms with Gasteiger partial charge in [0.2, 0.25) is 5.91 Å². The molecule has 0 saturated heterocycles. The first-order valence-electron chi connectivity index (χ1n) is 6.39. The van der Waals surface area contributed by atoms with Crippen LogP contribution < -0.4 is 5.32 Å². The van der Waals surface area contributed by atoms with Crippen molar-refractivity contribution in [2.45, 2.75) is 40.2 Å². The highest BCUT2D eigenvalue weighted by molar-refractivity contribution is 5.88. The molecule has 1 rings (SSSR count). The number of hydrogen-bond donors (Lipinski definition) is 2. The Labute approximate surface area is 112 Å². The van der Waals surface area contributed by atoms with Crippen molar-refractivity contribution in [3.05, 3.63) is 17.5 Å². The highest BCUT2D eigenvalue weighted by Gasteiger charge is 2.19. The molecular formula is C13H21N3O3. The van der Waals surface area contributed by atoms with E-state index in [4.69, 9.17) is 5.11 Å². The fourth-order valence-electron chi connectivity index (χ4n) is 1.64. The van der Waals surface area contributed by atoms with Gasteiger partial charge in [0.15, 0.2) is 0 Å². The van der Waals surface area contributed by atoms with Crippen molar-refractivity contribution in [3.63, 3.8) is 0 Å². The van der Waals surface area contributed by atoms with Gasteiger partial charge in [-0.15, -0.1) is 0 Å². The van der Waals surface area contributed by atoms with Gasteiger partial charge in [-0.05, 0) is 26.2 Å². The van der Waals surface area contributed by atoms with Gasteiger partial charge in [-0.25, -0.2) is 4.79 Å². The van der Waals surface area contributed by atoms with E-state index in [0.717, 1.165) is 6.42 Å². The summed E-state index contributed by atoms with van der Waals surface area (Å²) in [5.74, 6) is -0.655. The average Bonchev–Trinajstić information content (AvgIpc) is 2.69. The van der Waals surface area contributed by atoms with Gasteiger partial charge in [-0.2, -0.15) is 5.10 Å². The Kier molecular flexibility index (Phi) is 5.09. The molecule has 0 aliphatic heterocycles. The van der Waals surface area contributed by atoms with Crippen LogP contribution >= 0.6 is 0 Å². The van der Waals surface area contributed by atoms with E-state index < -0.39 is 12.0 Å². The van der Waals surface area contributed by atoms with Crippen molar-refractivity contribution in [2.24, 2.45) is 5.92 Å². The van der Waals surface area contributed by atoms with E-state index in [9.17, 15) is 9.59 Å². The summed E-state index contributed by atoms with van der Waals surface area (Å²) in [4.78, 5) is 22.8. The van der Waals surface area contributed by atoms with Crippen LogP contribution in [0.4, 0.5) is 0 Å². The lowest BCUT2D eigenvalue weighted by atomic mass is 10.1. The zero-order chi connectivity index (χ0) is 14.6. The van der Waals surface area contributed by atoms with Crippen LogP contribution in [0.5, 0.6) is 0 Å². The van der Waals surface area contributed by atoms with Gasteiger partial charge >= 0.3 is 5.97 Å². The molecular weight excluding hydrogens is 246 g/mol. The second-order valence-electron chi connectivity index (χ2n) is 5.06. The lowest BCUT2D eigenvalue weighted by Gasteiger charge is -2.13. The number of amides is 1. The number of aromatic nitrogens is 2. The third kappa shape index (κ3) is 4.08. The predicted molar refractivity (Wildman–Crippen MR) is 71.1 cm³/mol. The van der Waals surface area contributed by atoms with Crippen molar-refractivity contribution in [3.8, 4) is 0 Å². The van der Waals surface area contributed by atoms with Gasteiger partial charge in [0.05, 0.1) is 5.69 Å². The lowest BCUT2D eigenvalue weighted by molar-refractivity contribution is -0.124. The van der Waals surface area contributed by atoms with Crippen LogP contribution in [0.25, 0.3) is 0 Å². The standard InChI is InChI=1S/C13H21N3O3/c1-8(2)5-6-14-12(17)10(4)16-7-11(13(18)19)9(3)15-16/h7-8,10H,5-6H2,1-4H3,(H,14,17)(H,18,19). The van der Waals surface area contributed by atoms with Crippen molar-refractivity contribution >= 4 is 11.9 Å². The van der Waals surface area contributed by atoms with E-state index in [2.05, 4.69) is 24.3 Å². The van der Waals surface area contributed by atoms with Gasteiger partial charge in [0.25, 0.3) is 0 Å². The van der Waals surface area contributed by atoms with E-state index in [1.807, 2.05) is 0 Å². The quantitative estimate of drug-likeness (QED) is 0.820. The molecule has 2 N–H and O–H groups in total. The number of rotatable bonds is 6. The summed E-state index contributed by atoms with van der Waals surface area (Å²) < 4.78 is 1.39. The largest absolute Gasteiger partial charge is 0.478 e. The number of nitrogens with zero attached hydrogens (tertiary/aromatic N) is 2. The highest BCUT2D eigenvalue weighted by Crippen LogP contribution is 2.11. The maximum Gasteiger partial charge on any atom is 0.339 e. The highest BCUT2D eigenvalue weighted by atomic mass is 16.4. The molecule has 0 spiro atoms. The normalized spacial score (nSPS) is 12.5. The van der Waals surface area contributed by atoms with Gasteiger partial charge in [0, 0.05) is 12.7 Å². The lowest BCUT2D eigenvalue weighted by Crippen LogP contribution is -2.32. The van der Waals surface area contributed by atoms with E-state index >= 15 is 0 Å². The summed E-state index contributed by atoms with van der Waals surface area (Å²) in [7, 11) is 0. The van der Waals surface area contributed by atoms with Crippen LogP contribution in [-0.4, -0.2) is 33.3 Å². The van der Waals surface area contributed by atoms with Crippen LogP contribution in [0.3, 0.4) is 0 Å². The van der Waals surface area contributed by atoms with E-state index in [1.165, 1.54) is 10.9 Å². The minimum absolute atomic E-state index is 0.127. The van der Waals surface area contributed by atoms with Crippen LogP contribution in [0, 0.1) is 12.8 Å². The Hall–Kier alpha value is -1.85. The number of carboxylic acid groups (broad SMARTS) is 1. The Bertz CT molecular complexity index is 466. The number of nitrogens with one attached hydrogen (secondary N) is 1. The third-order valence-electron chi connectivity index (χ3n) is 2.94. The van der Waals surface area contributed by atoms with Crippen LogP contribution in [0.1, 0.15) is 49.3 Å². The summed E-state index contributed by atoms with van der Waals surface area (Å²) in [5.41, 5.74) is 0.538. The van der Waals surface area contributed by atoms with Crippen molar-refractivity contribution < 1.29 is 14.7 Å². The third-order valence-corrected chi connectivity index (χ3v) is 2.94. The molecule has 1 unspecified atom stereocenters. The zero-order valence-corrected chi connectivity index (χ0v) is 11.8. The molecule has 0 aliphatic carbocycles. The molecule has 1 aromatic rings. The molecule has 0 bridgehead atoms. The number of aryl methyl sites for hydroxylation is 1. The first kappa shape index (κ1) is 15.2. The number of carbonyl (C=O) groups excluding carboxylic acids is 1. The molecule has 1 atom stereocenters. The summed E-state index contributed by atoms with van der Waals surface area (Å²) in [6, 6.07) is -0.515. The Morgan fingerprint density at radius 1 is 1.42 bits per heavy atom. The molecule has 106 valence electrons. The number of carbonyl (C=O) groups is 2. The molecule has 1 heterocycles. The Morgan fingerprint density at radius 3 is 2.53 bits per heavy atom. The maximum atomic E-state index is 11.9. The second kappa shape index (κ2) is 6.36. The summed E-state index contributed by atoms with van der Waals surface area (Å²) >= 11 is 0. The molecule has 1 aromatic heterocycles. The van der Waals surface area contributed by atoms with Crippen molar-refractivity contribution in [1.29, 1.82) is 0 Å². The molecule has 6 nitrogen and oxygen atoms in total. The fraction of sp³-hybridized carbons (Fsp3) is 0.615. The molecule has 0 saturated carbocycles. The first-order chi connectivity index (χ1) is 8.82. The van der Waals surface area contributed by atoms with E-state index in [-0.39, 0.29) is 11.5 Å². The summed E-state index contributed by atoms with van der Waals surface area (Å²) in [5, 5.41) is 15.8. The summed E-state index contributed by atoms with van der Waals surface area (Å²) in [6.45, 7) is 8.11. The molecule has 0 aromatic carbocycles. The van der Waals surface area contributed by atoms with Crippen LogP contribution in [-0.2, 0) is 4.79 Å². The Morgan fingerprint density at radius 2 is 2.05 bits per heavy atom. The monoisotopic (exact) mass is 267 g/mol. The summed E-state index contributed by atoms with van der Waals surface area (Å²) in [6.07, 6.45) is 2.31. The van der Waals surface area contributed by atoms with Crippen molar-refractivity contribution in [1.82, 2.24) is 15.1 Å². The smallest absolute Gasteiger partial charge is 0.339 e. The zero-order valence-electron chi connectivity index (χ0n) is 11.8. The maximum absolute atomic E-state index is 11.9. The molecule has 1 amide bonds. The topological polar surface area (TPSA) is 84.2 Å². The number of aromatic carboxylic acids is 1. The van der Waals surface area contributed by atoms with Crippen LogP contribution in [0.15, 0.2) is 6.20 Å². The van der Waals surface area contributed by atoms with Gasteiger partial charge < -0.3 is 10.4 Å². The van der Waals surface area contributed by atoms with Gasteiger partial charge in [0.1, 0.15) is 11.6 Å². The van der Waals surface area contributed by atoms with E-state index in [0.29, 0.717) is 18.2 Å². The number of hydrogen-bond acceptors (Lipinski definition) is 3. The molecule has 0 aliphatic rings. The minimum atomic E-state index is -1.03. The van der Waals surface area contributed by atoms with Gasteiger partial charge in [-0.3, -0.25) is 9.48 Å². The Balaban J connectivity index is 2.66. The molecule has 0 fully saturated rings. The van der Waals surface area contributed by atoms with Crippen molar-refractivity contribution in [2.75, 3.05) is 6.54 Å². The number of carboxylic acids is 1. The van der Waals surface area contributed by atoms with Gasteiger partial charge in [-0.1, -0.05) is 13.8 Å². The molecule has 0 radical (unpaired) electrons. The SMILES string of the molecule is Cc1nn(C(C)C(=O)NCCC(C)C)cc1C(=O)O. The van der Waals surface area contributed by atoms with Crippen LogP contribution in [0.2, 0.25) is 0 Å². The predicted octanol–water partition coefficient (Wildman–Crippen LogP) is 1.61.